The molecule has 2 heterocycles. The van der Waals surface area contributed by atoms with E-state index in [-0.39, 0.29) is 38.8 Å². The summed E-state index contributed by atoms with van der Waals surface area (Å²) in [4.78, 5) is 14.1. The number of ether oxygens (including phenoxy) is 1. The number of pyridine rings is 1. The van der Waals surface area contributed by atoms with Crippen LogP contribution in [0.3, 0.4) is 0 Å². The second kappa shape index (κ2) is 11.4. The molecule has 1 aliphatic heterocycles. The van der Waals surface area contributed by atoms with Crippen LogP contribution in [0.1, 0.15) is 33.9 Å². The minimum absolute atomic E-state index is 0.0666. The van der Waals surface area contributed by atoms with Crippen molar-refractivity contribution in [3.63, 3.8) is 0 Å². The van der Waals surface area contributed by atoms with Gasteiger partial charge in [0.05, 0.1) is 29.3 Å². The maximum atomic E-state index is 15.6. The Balaban J connectivity index is 1.83. The van der Waals surface area contributed by atoms with E-state index in [1.807, 2.05) is 0 Å². The highest BCUT2D eigenvalue weighted by Gasteiger charge is 2.38. The van der Waals surface area contributed by atoms with E-state index in [2.05, 4.69) is 5.16 Å². The van der Waals surface area contributed by atoms with E-state index < -0.39 is 69.9 Å². The predicted octanol–water partition coefficient (Wildman–Crippen LogP) is 7.52. The smallest absolute Gasteiger partial charge is 0.416 e. The van der Waals surface area contributed by atoms with E-state index in [0.29, 0.717) is 0 Å². The molecular formula is C30H21F7N2O3S. The molecule has 0 saturated heterocycles. The van der Waals surface area contributed by atoms with Crippen molar-refractivity contribution < 1.29 is 40.7 Å². The lowest BCUT2D eigenvalue weighted by atomic mass is 9.92. The van der Waals surface area contributed by atoms with Gasteiger partial charge >= 0.3 is 6.18 Å². The maximum Gasteiger partial charge on any atom is 0.416 e. The molecule has 1 aromatic heterocycles. The number of oxime groups is 1. The predicted molar refractivity (Wildman–Crippen MR) is 146 cm³/mol. The van der Waals surface area contributed by atoms with E-state index in [1.165, 1.54) is 32.2 Å². The van der Waals surface area contributed by atoms with Crippen molar-refractivity contribution in [1.82, 2.24) is 4.57 Å². The first-order chi connectivity index (χ1) is 20.4. The fraction of sp³-hybridized carbons (Fsp3) is 0.200. The molecule has 0 aliphatic carbocycles. The molecule has 13 heteroatoms. The molecule has 1 atom stereocenters. The summed E-state index contributed by atoms with van der Waals surface area (Å²) < 4.78 is 107. The standard InChI is InChI=1S/C30H21F7N2O3S/c1-14-17(12-18-20(30(35,36)37)6-4-7-21(18)32)29-39(28(40)25(14)16-5-3-8-24(42-2)26(16)34)23(13-43-29)27(38-41)19-11-15(31)9-10-22(19)33/h3-11,23,41H,12-13H2,1-2H3. The first kappa shape index (κ1) is 30.2. The van der Waals surface area contributed by atoms with Crippen LogP contribution < -0.4 is 10.3 Å². The molecule has 5 rings (SSSR count). The Morgan fingerprint density at radius 2 is 1.77 bits per heavy atom. The number of alkyl halides is 3. The summed E-state index contributed by atoms with van der Waals surface area (Å²) in [5, 5.41) is 13.2. The van der Waals surface area contributed by atoms with Crippen LogP contribution in [0.25, 0.3) is 11.1 Å². The Kier molecular flexibility index (Phi) is 8.03. The molecule has 224 valence electrons. The third-order valence-corrected chi connectivity index (χ3v) is 8.48. The number of hydrogen-bond donors (Lipinski definition) is 1. The zero-order valence-corrected chi connectivity index (χ0v) is 23.2. The van der Waals surface area contributed by atoms with Crippen molar-refractivity contribution in [1.29, 1.82) is 0 Å². The van der Waals surface area contributed by atoms with E-state index in [4.69, 9.17) is 4.74 Å². The quantitative estimate of drug-likeness (QED) is 0.105. The van der Waals surface area contributed by atoms with Gasteiger partial charge in [-0.3, -0.25) is 9.36 Å². The Bertz CT molecular complexity index is 1840. The van der Waals surface area contributed by atoms with Gasteiger partial charge in [-0.2, -0.15) is 13.2 Å². The molecule has 0 spiro atoms. The summed E-state index contributed by atoms with van der Waals surface area (Å²) in [6.07, 6.45) is -5.57. The van der Waals surface area contributed by atoms with Gasteiger partial charge in [0.15, 0.2) is 11.6 Å². The average molecular weight is 623 g/mol. The second-order valence-corrected chi connectivity index (χ2v) is 10.7. The van der Waals surface area contributed by atoms with Gasteiger partial charge < -0.3 is 9.94 Å². The van der Waals surface area contributed by atoms with E-state index in [0.717, 1.165) is 52.7 Å². The zero-order valence-electron chi connectivity index (χ0n) is 22.4. The molecule has 0 saturated carbocycles. The Labute approximate surface area is 244 Å². The van der Waals surface area contributed by atoms with Gasteiger partial charge in [-0.15, -0.1) is 11.8 Å². The molecule has 0 fully saturated rings. The van der Waals surface area contributed by atoms with Crippen molar-refractivity contribution in [3.05, 3.63) is 116 Å². The number of hydrogen-bond acceptors (Lipinski definition) is 5. The van der Waals surface area contributed by atoms with Gasteiger partial charge in [0.25, 0.3) is 5.56 Å². The van der Waals surface area contributed by atoms with Gasteiger partial charge in [-0.05, 0) is 54.4 Å². The normalized spacial score (nSPS) is 15.1. The van der Waals surface area contributed by atoms with Gasteiger partial charge in [0.1, 0.15) is 23.2 Å². The summed E-state index contributed by atoms with van der Waals surface area (Å²) in [6.45, 7) is 1.40. The van der Waals surface area contributed by atoms with Gasteiger partial charge in [-0.25, -0.2) is 17.6 Å². The summed E-state index contributed by atoms with van der Waals surface area (Å²) in [5.41, 5.74) is -4.07. The van der Waals surface area contributed by atoms with E-state index in [9.17, 15) is 36.3 Å². The number of halogens is 7. The van der Waals surface area contributed by atoms with Crippen molar-refractivity contribution in [2.45, 2.75) is 30.6 Å². The first-order valence-corrected chi connectivity index (χ1v) is 13.6. The molecule has 43 heavy (non-hydrogen) atoms. The van der Waals surface area contributed by atoms with Gasteiger partial charge in [0, 0.05) is 28.9 Å². The number of methoxy groups -OCH3 is 1. The Morgan fingerprint density at radius 1 is 1.05 bits per heavy atom. The van der Waals surface area contributed by atoms with Gasteiger partial charge in [-0.1, -0.05) is 23.4 Å². The molecular weight excluding hydrogens is 601 g/mol. The lowest BCUT2D eigenvalue weighted by Gasteiger charge is -2.22. The van der Waals surface area contributed by atoms with Crippen molar-refractivity contribution in [3.8, 4) is 16.9 Å². The van der Waals surface area contributed by atoms with E-state index in [1.54, 1.807) is 0 Å². The number of aromatic nitrogens is 1. The first-order valence-electron chi connectivity index (χ1n) is 12.6. The van der Waals surface area contributed by atoms with Crippen LogP contribution in [0.15, 0.2) is 69.6 Å². The number of rotatable bonds is 6. The van der Waals surface area contributed by atoms with Crippen LogP contribution in [-0.4, -0.2) is 28.3 Å². The third kappa shape index (κ3) is 5.26. The molecule has 3 aromatic carbocycles. The summed E-state index contributed by atoms with van der Waals surface area (Å²) >= 11 is 0.966. The average Bonchev–Trinajstić information content (AvgIpc) is 3.39. The highest BCUT2D eigenvalue weighted by molar-refractivity contribution is 7.99. The highest BCUT2D eigenvalue weighted by Crippen LogP contribution is 2.43. The van der Waals surface area contributed by atoms with Crippen molar-refractivity contribution >= 4 is 17.5 Å². The fourth-order valence-electron chi connectivity index (χ4n) is 5.26. The SMILES string of the molecule is COc1cccc(-c2c(C)c(Cc3c(F)cccc3C(F)(F)F)c3n(c2=O)C(C(=NO)c2cc(F)ccc2F)CS3)c1F. The lowest BCUT2D eigenvalue weighted by Crippen LogP contribution is -2.32. The number of thioether (sulfide) groups is 1. The van der Waals surface area contributed by atoms with Crippen LogP contribution in [0.5, 0.6) is 5.75 Å². The van der Waals surface area contributed by atoms with Crippen LogP contribution in [0, 0.1) is 30.2 Å². The summed E-state index contributed by atoms with van der Waals surface area (Å²) in [5.74, 6) is -4.22. The number of nitrogens with zero attached hydrogens (tertiary/aromatic N) is 2. The monoisotopic (exact) mass is 622 g/mol. The van der Waals surface area contributed by atoms with Crippen molar-refractivity contribution in [2.75, 3.05) is 12.9 Å². The number of benzene rings is 3. The lowest BCUT2D eigenvalue weighted by molar-refractivity contribution is -0.138. The largest absolute Gasteiger partial charge is 0.494 e. The molecule has 4 aromatic rings. The number of fused-ring (bicyclic) bond motifs is 1. The van der Waals surface area contributed by atoms with Gasteiger partial charge in [0.2, 0.25) is 0 Å². The molecule has 1 aliphatic rings. The van der Waals surface area contributed by atoms with Crippen LogP contribution >= 0.6 is 11.8 Å². The molecule has 0 radical (unpaired) electrons. The molecule has 1 N–H and O–H groups in total. The second-order valence-electron chi connectivity index (χ2n) is 9.66. The summed E-state index contributed by atoms with van der Waals surface area (Å²) in [7, 11) is 1.21. The van der Waals surface area contributed by atoms with Crippen LogP contribution in [-0.2, 0) is 12.6 Å². The van der Waals surface area contributed by atoms with Crippen molar-refractivity contribution in [2.24, 2.45) is 5.16 Å². The molecule has 0 amide bonds. The molecule has 1 unspecified atom stereocenters. The third-order valence-electron chi connectivity index (χ3n) is 7.28. The minimum atomic E-state index is -4.91. The van der Waals surface area contributed by atoms with E-state index >= 15 is 4.39 Å². The summed E-state index contributed by atoms with van der Waals surface area (Å²) in [6, 6.07) is 7.65. The fourth-order valence-corrected chi connectivity index (χ4v) is 6.64. The minimum Gasteiger partial charge on any atom is -0.494 e. The maximum absolute atomic E-state index is 15.6. The Morgan fingerprint density at radius 3 is 2.44 bits per heavy atom. The molecule has 5 nitrogen and oxygen atoms in total. The highest BCUT2D eigenvalue weighted by atomic mass is 32.2. The van der Waals surface area contributed by atoms with Crippen LogP contribution in [0.2, 0.25) is 0 Å². The topological polar surface area (TPSA) is 63.8 Å². The zero-order chi connectivity index (χ0) is 31.2. The van der Waals surface area contributed by atoms with Crippen LogP contribution in [0.4, 0.5) is 30.7 Å². The molecule has 0 bridgehead atoms. The Hall–Kier alpha value is -4.26.